The molecule has 1 saturated carbocycles. The number of nitrogens with zero attached hydrogens (tertiary/aromatic N) is 2. The Hall–Kier alpha value is -1.44. The van der Waals surface area contributed by atoms with Crippen molar-refractivity contribution in [2.75, 3.05) is 32.7 Å². The molecule has 28 heavy (non-hydrogen) atoms. The van der Waals surface area contributed by atoms with Crippen LogP contribution in [-0.4, -0.2) is 62.3 Å². The van der Waals surface area contributed by atoms with Crippen molar-refractivity contribution in [2.24, 2.45) is 0 Å². The van der Waals surface area contributed by atoms with Gasteiger partial charge in [0.2, 0.25) is 15.9 Å². The lowest BCUT2D eigenvalue weighted by Gasteiger charge is -2.34. The summed E-state index contributed by atoms with van der Waals surface area (Å²) in [5.41, 5.74) is 2.05. The van der Waals surface area contributed by atoms with Gasteiger partial charge in [0.05, 0.1) is 4.90 Å². The van der Waals surface area contributed by atoms with Gasteiger partial charge in [0.25, 0.3) is 0 Å². The van der Waals surface area contributed by atoms with E-state index in [1.165, 1.54) is 0 Å². The fraction of sp³-hybridized carbons (Fsp3) is 0.667. The molecule has 1 saturated heterocycles. The Morgan fingerprint density at radius 2 is 1.79 bits per heavy atom. The van der Waals surface area contributed by atoms with E-state index in [0.717, 1.165) is 56.3 Å². The maximum absolute atomic E-state index is 13.5. The van der Waals surface area contributed by atoms with Gasteiger partial charge in [-0.15, -0.1) is 0 Å². The zero-order valence-electron chi connectivity index (χ0n) is 17.1. The van der Waals surface area contributed by atoms with Crippen molar-refractivity contribution in [3.63, 3.8) is 0 Å². The number of carbonyl (C=O) groups is 1. The first kappa shape index (κ1) is 21.3. The molecule has 1 aromatic rings. The number of hydrogen-bond acceptors (Lipinski definition) is 4. The fourth-order valence-corrected chi connectivity index (χ4v) is 5.93. The first-order chi connectivity index (χ1) is 13.4. The van der Waals surface area contributed by atoms with Gasteiger partial charge < -0.3 is 10.2 Å². The van der Waals surface area contributed by atoms with Crippen molar-refractivity contribution in [3.05, 3.63) is 29.3 Å². The molecule has 7 heteroatoms. The summed E-state index contributed by atoms with van der Waals surface area (Å²) in [6, 6.07) is 5.33. The summed E-state index contributed by atoms with van der Waals surface area (Å²) in [6.45, 7) is 7.20. The van der Waals surface area contributed by atoms with Gasteiger partial charge in [0.1, 0.15) is 0 Å². The lowest BCUT2D eigenvalue weighted by Crippen LogP contribution is -2.48. The van der Waals surface area contributed by atoms with Crippen molar-refractivity contribution in [2.45, 2.75) is 63.3 Å². The van der Waals surface area contributed by atoms with Crippen LogP contribution in [0.4, 0.5) is 0 Å². The molecule has 0 spiro atoms. The molecule has 0 bridgehead atoms. The Morgan fingerprint density at radius 3 is 2.43 bits per heavy atom. The van der Waals surface area contributed by atoms with Crippen molar-refractivity contribution in [1.29, 1.82) is 0 Å². The maximum atomic E-state index is 13.5. The molecule has 0 aromatic heterocycles. The summed E-state index contributed by atoms with van der Waals surface area (Å²) in [4.78, 5) is 14.8. The second-order valence-electron chi connectivity index (χ2n) is 8.03. The average Bonchev–Trinajstić information content (AvgIpc) is 2.71. The number of benzene rings is 1. The van der Waals surface area contributed by atoms with E-state index >= 15 is 0 Å². The Balaban J connectivity index is 1.79. The SMILES string of the molecule is Cc1ccc(S(=O)(=O)N(CCC(=O)N2CCNCC2)C2CCCCC2)cc1C. The molecular formula is C21H33N3O3S. The van der Waals surface area contributed by atoms with E-state index in [2.05, 4.69) is 5.32 Å². The van der Waals surface area contributed by atoms with Crippen LogP contribution < -0.4 is 5.32 Å². The molecule has 0 unspecified atom stereocenters. The molecule has 156 valence electrons. The van der Waals surface area contributed by atoms with Gasteiger partial charge in [0.15, 0.2) is 0 Å². The molecule has 1 aliphatic carbocycles. The van der Waals surface area contributed by atoms with E-state index in [4.69, 9.17) is 0 Å². The minimum atomic E-state index is -3.62. The summed E-state index contributed by atoms with van der Waals surface area (Å²) >= 11 is 0. The molecule has 2 fully saturated rings. The Labute approximate surface area is 169 Å². The minimum absolute atomic E-state index is 0.00354. The van der Waals surface area contributed by atoms with E-state index < -0.39 is 10.0 Å². The summed E-state index contributed by atoms with van der Waals surface area (Å²) in [6.07, 6.45) is 5.27. The maximum Gasteiger partial charge on any atom is 0.243 e. The highest BCUT2D eigenvalue weighted by Gasteiger charge is 2.33. The number of carbonyl (C=O) groups excluding carboxylic acids is 1. The summed E-state index contributed by atoms with van der Waals surface area (Å²) in [5, 5.41) is 3.24. The molecule has 1 heterocycles. The van der Waals surface area contributed by atoms with Crippen LogP contribution in [0.5, 0.6) is 0 Å². The highest BCUT2D eigenvalue weighted by Crippen LogP contribution is 2.29. The first-order valence-electron chi connectivity index (χ1n) is 10.5. The third kappa shape index (κ3) is 4.93. The lowest BCUT2D eigenvalue weighted by atomic mass is 9.95. The Bertz CT molecular complexity index is 782. The minimum Gasteiger partial charge on any atom is -0.340 e. The molecule has 0 radical (unpaired) electrons. The van der Waals surface area contributed by atoms with Gasteiger partial charge in [-0.2, -0.15) is 4.31 Å². The zero-order valence-corrected chi connectivity index (χ0v) is 17.9. The number of piperazine rings is 1. The number of rotatable bonds is 6. The average molecular weight is 408 g/mol. The van der Waals surface area contributed by atoms with E-state index in [0.29, 0.717) is 18.0 Å². The van der Waals surface area contributed by atoms with Crippen molar-refractivity contribution in [3.8, 4) is 0 Å². The van der Waals surface area contributed by atoms with Crippen LogP contribution >= 0.6 is 0 Å². The van der Waals surface area contributed by atoms with E-state index in [-0.39, 0.29) is 24.9 Å². The molecule has 2 aliphatic rings. The number of aryl methyl sites for hydroxylation is 2. The molecule has 1 amide bonds. The van der Waals surface area contributed by atoms with Crippen LogP contribution in [0.15, 0.2) is 23.1 Å². The van der Waals surface area contributed by atoms with Gasteiger partial charge in [-0.25, -0.2) is 8.42 Å². The molecule has 3 rings (SSSR count). The van der Waals surface area contributed by atoms with Crippen LogP contribution in [0.25, 0.3) is 0 Å². The Kier molecular flexibility index (Phi) is 7.12. The highest BCUT2D eigenvalue weighted by atomic mass is 32.2. The number of nitrogens with one attached hydrogen (secondary N) is 1. The van der Waals surface area contributed by atoms with Crippen molar-refractivity contribution >= 4 is 15.9 Å². The molecular weight excluding hydrogens is 374 g/mol. The number of hydrogen-bond donors (Lipinski definition) is 1. The van der Waals surface area contributed by atoms with Gasteiger partial charge in [-0.05, 0) is 49.9 Å². The Morgan fingerprint density at radius 1 is 1.11 bits per heavy atom. The largest absolute Gasteiger partial charge is 0.340 e. The summed E-state index contributed by atoms with van der Waals surface area (Å²) in [7, 11) is -3.62. The third-order valence-electron chi connectivity index (χ3n) is 6.08. The molecule has 1 aliphatic heterocycles. The monoisotopic (exact) mass is 407 g/mol. The molecule has 1 aromatic carbocycles. The predicted octanol–water partition coefficient (Wildman–Crippen LogP) is 2.45. The predicted molar refractivity (Wildman–Crippen MR) is 111 cm³/mol. The highest BCUT2D eigenvalue weighted by molar-refractivity contribution is 7.89. The second kappa shape index (κ2) is 9.37. The summed E-state index contributed by atoms with van der Waals surface area (Å²) in [5.74, 6) is 0.0533. The standard InChI is InChI=1S/C21H33N3O3S/c1-17-8-9-20(16-18(17)2)28(26,27)24(19-6-4-3-5-7-19)13-10-21(25)23-14-11-22-12-15-23/h8-9,16,19,22H,3-7,10-15H2,1-2H3. The molecule has 1 N–H and O–H groups in total. The van der Waals surface area contributed by atoms with Crippen LogP contribution in [0.2, 0.25) is 0 Å². The number of amides is 1. The van der Waals surface area contributed by atoms with E-state index in [1.807, 2.05) is 24.8 Å². The van der Waals surface area contributed by atoms with Gasteiger partial charge >= 0.3 is 0 Å². The number of sulfonamides is 1. The summed E-state index contributed by atoms with van der Waals surface area (Å²) < 4.78 is 28.6. The van der Waals surface area contributed by atoms with Crippen LogP contribution in [0.3, 0.4) is 0 Å². The lowest BCUT2D eigenvalue weighted by molar-refractivity contribution is -0.131. The van der Waals surface area contributed by atoms with Crippen LogP contribution in [0.1, 0.15) is 49.7 Å². The smallest absolute Gasteiger partial charge is 0.243 e. The third-order valence-corrected chi connectivity index (χ3v) is 8.03. The van der Waals surface area contributed by atoms with Crippen molar-refractivity contribution < 1.29 is 13.2 Å². The normalized spacial score (nSPS) is 19.2. The van der Waals surface area contributed by atoms with E-state index in [9.17, 15) is 13.2 Å². The van der Waals surface area contributed by atoms with Gasteiger partial charge in [0, 0.05) is 45.2 Å². The quantitative estimate of drug-likeness (QED) is 0.786. The second-order valence-corrected chi connectivity index (χ2v) is 9.92. The van der Waals surface area contributed by atoms with Gasteiger partial charge in [-0.1, -0.05) is 25.3 Å². The fourth-order valence-electron chi connectivity index (χ4n) is 4.16. The van der Waals surface area contributed by atoms with E-state index in [1.54, 1.807) is 16.4 Å². The molecule has 0 atom stereocenters. The van der Waals surface area contributed by atoms with Gasteiger partial charge in [-0.3, -0.25) is 4.79 Å². The van der Waals surface area contributed by atoms with Crippen molar-refractivity contribution in [1.82, 2.24) is 14.5 Å². The topological polar surface area (TPSA) is 69.7 Å². The zero-order chi connectivity index (χ0) is 20.1. The van der Waals surface area contributed by atoms with Crippen LogP contribution in [0, 0.1) is 13.8 Å². The first-order valence-corrected chi connectivity index (χ1v) is 11.9. The van der Waals surface area contributed by atoms with Crippen LogP contribution in [-0.2, 0) is 14.8 Å². The molecule has 6 nitrogen and oxygen atoms in total.